The molecule has 0 amide bonds. The van der Waals surface area contributed by atoms with Crippen molar-refractivity contribution in [2.75, 3.05) is 25.5 Å². The van der Waals surface area contributed by atoms with Crippen molar-refractivity contribution in [1.82, 2.24) is 14.7 Å². The van der Waals surface area contributed by atoms with Crippen LogP contribution in [0.15, 0.2) is 0 Å². The Morgan fingerprint density at radius 1 is 1.36 bits per heavy atom. The van der Waals surface area contributed by atoms with Gasteiger partial charge in [-0.05, 0) is 7.05 Å². The molecule has 1 rings (SSSR count). The predicted molar refractivity (Wildman–Crippen MR) is 47.3 cm³/mol. The van der Waals surface area contributed by atoms with E-state index in [0.29, 0.717) is 24.6 Å². The third-order valence-corrected chi connectivity index (χ3v) is 2.00. The van der Waals surface area contributed by atoms with Crippen LogP contribution >= 0.6 is 11.5 Å². The van der Waals surface area contributed by atoms with E-state index in [-0.39, 0.29) is 5.13 Å². The lowest BCUT2D eigenvalue weighted by Crippen LogP contribution is -2.17. The van der Waals surface area contributed by atoms with Crippen LogP contribution in [0.5, 0.6) is 0 Å². The molecule has 14 heavy (non-hydrogen) atoms. The van der Waals surface area contributed by atoms with Crippen LogP contribution in [0.1, 0.15) is 5.82 Å². The molecule has 1 aromatic rings. The van der Waals surface area contributed by atoms with Crippen molar-refractivity contribution in [2.45, 2.75) is 6.18 Å². The van der Waals surface area contributed by atoms with Crippen LogP contribution < -0.4 is 10.6 Å². The number of anilines is 1. The highest BCUT2D eigenvalue weighted by molar-refractivity contribution is 7.09. The van der Waals surface area contributed by atoms with E-state index in [1.165, 1.54) is 0 Å². The topological polar surface area (TPSA) is 49.8 Å². The van der Waals surface area contributed by atoms with Gasteiger partial charge in [-0.25, -0.2) is 0 Å². The van der Waals surface area contributed by atoms with Gasteiger partial charge in [-0.2, -0.15) is 22.5 Å². The molecule has 1 heterocycles. The average molecular weight is 226 g/mol. The highest BCUT2D eigenvalue weighted by Crippen LogP contribution is 2.28. The monoisotopic (exact) mass is 226 g/mol. The van der Waals surface area contributed by atoms with E-state index in [1.807, 2.05) is 0 Å². The zero-order valence-electron chi connectivity index (χ0n) is 7.35. The zero-order chi connectivity index (χ0) is 10.6. The molecule has 2 N–H and O–H groups in total. The summed E-state index contributed by atoms with van der Waals surface area (Å²) in [6, 6.07) is 0. The van der Waals surface area contributed by atoms with Crippen LogP contribution in [-0.4, -0.2) is 29.5 Å². The van der Waals surface area contributed by atoms with Gasteiger partial charge in [-0.15, -0.1) is 0 Å². The molecule has 1 aromatic heterocycles. The van der Waals surface area contributed by atoms with Gasteiger partial charge in [0.1, 0.15) is 0 Å². The Labute approximate surface area is 82.7 Å². The quantitative estimate of drug-likeness (QED) is 0.757. The number of nitrogens with one attached hydrogen (secondary N) is 2. The number of likely N-dealkylation sites (N-methyl/N-ethyl adjacent to an activating group) is 1. The summed E-state index contributed by atoms with van der Waals surface area (Å²) in [6.45, 7) is 1.17. The Kier molecular flexibility index (Phi) is 3.64. The van der Waals surface area contributed by atoms with Gasteiger partial charge >= 0.3 is 6.18 Å². The highest BCUT2D eigenvalue weighted by Gasteiger charge is 2.35. The fourth-order valence-corrected chi connectivity index (χ4v) is 1.32. The first-order valence-corrected chi connectivity index (χ1v) is 4.60. The first-order chi connectivity index (χ1) is 6.54. The summed E-state index contributed by atoms with van der Waals surface area (Å²) in [7, 11) is 1.75. The molecular formula is C6H9F3N4S. The van der Waals surface area contributed by atoms with Gasteiger partial charge in [0.2, 0.25) is 11.0 Å². The third kappa shape index (κ3) is 3.11. The maximum absolute atomic E-state index is 12.0. The molecule has 0 saturated heterocycles. The number of nitrogens with zero attached hydrogens (tertiary/aromatic N) is 2. The minimum atomic E-state index is -4.46. The maximum atomic E-state index is 12.0. The summed E-state index contributed by atoms with van der Waals surface area (Å²) >= 11 is 0.707. The van der Waals surface area contributed by atoms with E-state index >= 15 is 0 Å². The van der Waals surface area contributed by atoms with E-state index in [4.69, 9.17) is 0 Å². The van der Waals surface area contributed by atoms with Crippen LogP contribution in [0, 0.1) is 0 Å². The second-order valence-electron chi connectivity index (χ2n) is 2.45. The van der Waals surface area contributed by atoms with Crippen LogP contribution in [0.4, 0.5) is 18.3 Å². The first kappa shape index (κ1) is 11.2. The molecule has 0 fully saturated rings. The molecule has 0 aliphatic rings. The lowest BCUT2D eigenvalue weighted by atomic mass is 10.6. The van der Waals surface area contributed by atoms with Crippen molar-refractivity contribution in [3.05, 3.63) is 5.82 Å². The van der Waals surface area contributed by atoms with Crippen molar-refractivity contribution >= 4 is 16.7 Å². The Bertz CT molecular complexity index is 285. The molecule has 80 valence electrons. The molecule has 0 saturated carbocycles. The van der Waals surface area contributed by atoms with Gasteiger partial charge in [-0.3, -0.25) is 0 Å². The van der Waals surface area contributed by atoms with Gasteiger partial charge in [-0.1, -0.05) is 0 Å². The van der Waals surface area contributed by atoms with E-state index < -0.39 is 12.0 Å². The molecule has 8 heteroatoms. The first-order valence-electron chi connectivity index (χ1n) is 3.83. The SMILES string of the molecule is CNCCNc1nc(C(F)(F)F)ns1. The van der Waals surface area contributed by atoms with Gasteiger partial charge in [0, 0.05) is 24.6 Å². The number of alkyl halides is 3. The second-order valence-corrected chi connectivity index (χ2v) is 3.20. The number of aromatic nitrogens is 2. The van der Waals surface area contributed by atoms with Gasteiger partial charge in [0.05, 0.1) is 0 Å². The summed E-state index contributed by atoms with van der Waals surface area (Å²) in [5.74, 6) is -1.09. The molecule has 0 aliphatic heterocycles. The average Bonchev–Trinajstić information content (AvgIpc) is 2.52. The summed E-state index contributed by atoms with van der Waals surface area (Å²) < 4.78 is 39.3. The van der Waals surface area contributed by atoms with Gasteiger partial charge in [0.25, 0.3) is 0 Å². The lowest BCUT2D eigenvalue weighted by molar-refractivity contribution is -0.144. The van der Waals surface area contributed by atoms with E-state index in [2.05, 4.69) is 20.0 Å². The normalized spacial score (nSPS) is 11.7. The van der Waals surface area contributed by atoms with Crippen molar-refractivity contribution in [1.29, 1.82) is 0 Å². The van der Waals surface area contributed by atoms with E-state index in [9.17, 15) is 13.2 Å². The van der Waals surface area contributed by atoms with Crippen LogP contribution in [-0.2, 0) is 6.18 Å². The zero-order valence-corrected chi connectivity index (χ0v) is 8.17. The van der Waals surface area contributed by atoms with Crippen LogP contribution in [0.2, 0.25) is 0 Å². The van der Waals surface area contributed by atoms with Gasteiger partial charge < -0.3 is 10.6 Å². The number of hydrogen-bond acceptors (Lipinski definition) is 5. The minimum Gasteiger partial charge on any atom is -0.359 e. The summed E-state index contributed by atoms with van der Waals surface area (Å²) in [6.07, 6.45) is -4.46. The molecule has 0 unspecified atom stereocenters. The third-order valence-electron chi connectivity index (χ3n) is 1.33. The maximum Gasteiger partial charge on any atom is 0.452 e. The molecule has 0 spiro atoms. The van der Waals surface area contributed by atoms with Gasteiger partial charge in [0.15, 0.2) is 0 Å². The van der Waals surface area contributed by atoms with Crippen LogP contribution in [0.3, 0.4) is 0 Å². The Morgan fingerprint density at radius 3 is 2.57 bits per heavy atom. The lowest BCUT2D eigenvalue weighted by Gasteiger charge is -2.00. The van der Waals surface area contributed by atoms with Crippen LogP contribution in [0.25, 0.3) is 0 Å². The summed E-state index contributed by atoms with van der Waals surface area (Å²) in [4.78, 5) is 3.30. The standard InChI is InChI=1S/C6H9F3N4S/c1-10-2-3-11-5-12-4(13-14-5)6(7,8)9/h10H,2-3H2,1H3,(H,11,12,13). The largest absolute Gasteiger partial charge is 0.452 e. The molecule has 0 radical (unpaired) electrons. The Balaban J connectivity index is 2.51. The Morgan fingerprint density at radius 2 is 2.07 bits per heavy atom. The predicted octanol–water partition coefficient (Wildman–Crippen LogP) is 1.19. The smallest absolute Gasteiger partial charge is 0.359 e. The van der Waals surface area contributed by atoms with E-state index in [0.717, 1.165) is 0 Å². The molecule has 0 aliphatic carbocycles. The summed E-state index contributed by atoms with van der Waals surface area (Å²) in [5.41, 5.74) is 0. The summed E-state index contributed by atoms with van der Waals surface area (Å²) in [5, 5.41) is 5.75. The molecular weight excluding hydrogens is 217 g/mol. The highest BCUT2D eigenvalue weighted by atomic mass is 32.1. The van der Waals surface area contributed by atoms with Crippen molar-refractivity contribution in [3.63, 3.8) is 0 Å². The molecule has 4 nitrogen and oxygen atoms in total. The number of rotatable bonds is 4. The molecule has 0 aromatic carbocycles. The van der Waals surface area contributed by atoms with Crippen molar-refractivity contribution < 1.29 is 13.2 Å². The Hall–Kier alpha value is -0.890. The fourth-order valence-electron chi connectivity index (χ4n) is 0.705. The minimum absolute atomic E-state index is 0.188. The second kappa shape index (κ2) is 4.56. The fraction of sp³-hybridized carbons (Fsp3) is 0.667. The molecule has 0 bridgehead atoms. The van der Waals surface area contributed by atoms with E-state index in [1.54, 1.807) is 7.05 Å². The number of hydrogen-bond donors (Lipinski definition) is 2. The van der Waals surface area contributed by atoms with Crippen molar-refractivity contribution in [3.8, 4) is 0 Å². The van der Waals surface area contributed by atoms with Crippen molar-refractivity contribution in [2.24, 2.45) is 0 Å². The molecule has 0 atom stereocenters. The number of halogens is 3.